The number of pyridine rings is 1. The summed E-state index contributed by atoms with van der Waals surface area (Å²) >= 11 is 0. The summed E-state index contributed by atoms with van der Waals surface area (Å²) < 4.78 is 0. The Labute approximate surface area is 147 Å². The number of hydrogen-bond donors (Lipinski definition) is 2. The number of amides is 1. The molecule has 1 unspecified atom stereocenters. The van der Waals surface area contributed by atoms with Crippen LogP contribution >= 0.6 is 0 Å². The van der Waals surface area contributed by atoms with Crippen LogP contribution in [0.5, 0.6) is 0 Å². The number of fused-ring (bicyclic) bond motifs is 1. The first-order chi connectivity index (χ1) is 12.3. The lowest BCUT2D eigenvalue weighted by Crippen LogP contribution is -2.31. The summed E-state index contributed by atoms with van der Waals surface area (Å²) in [5, 5.41) is 4.67. The van der Waals surface area contributed by atoms with Crippen molar-refractivity contribution in [2.75, 3.05) is 18.4 Å². The molecule has 0 aliphatic carbocycles. The van der Waals surface area contributed by atoms with E-state index < -0.39 is 0 Å². The topological polar surface area (TPSA) is 61.0 Å². The third-order valence-electron chi connectivity index (χ3n) is 4.86. The normalized spacial score (nSPS) is 17.1. The number of hydrogen-bond acceptors (Lipinski definition) is 3. The van der Waals surface area contributed by atoms with E-state index in [1.165, 1.54) is 10.9 Å². The fourth-order valence-corrected chi connectivity index (χ4v) is 3.53. The molecule has 0 saturated carbocycles. The smallest absolute Gasteiger partial charge is 0.222 e. The largest absolute Gasteiger partial charge is 0.379 e. The van der Waals surface area contributed by atoms with Crippen molar-refractivity contribution in [1.82, 2.24) is 14.9 Å². The number of anilines is 1. The van der Waals surface area contributed by atoms with Crippen molar-refractivity contribution in [3.8, 4) is 0 Å². The number of aryl methyl sites for hydroxylation is 1. The Morgan fingerprint density at radius 1 is 1.28 bits per heavy atom. The molecule has 3 aromatic rings. The molecule has 0 spiro atoms. The number of aromatic amines is 1. The van der Waals surface area contributed by atoms with Gasteiger partial charge in [0.05, 0.1) is 5.69 Å². The Morgan fingerprint density at radius 2 is 2.20 bits per heavy atom. The van der Waals surface area contributed by atoms with Gasteiger partial charge in [-0.1, -0.05) is 18.2 Å². The van der Waals surface area contributed by atoms with Crippen LogP contribution in [0.1, 0.15) is 18.4 Å². The SMILES string of the molecule is O=C(CCc1c[nH]c2ccccc12)N1CCC(Nc2cccnc2)C1. The van der Waals surface area contributed by atoms with Crippen molar-refractivity contribution >= 4 is 22.5 Å². The minimum Gasteiger partial charge on any atom is -0.379 e. The number of nitrogens with one attached hydrogen (secondary N) is 2. The lowest BCUT2D eigenvalue weighted by molar-refractivity contribution is -0.130. The first kappa shape index (κ1) is 15.7. The van der Waals surface area contributed by atoms with E-state index in [9.17, 15) is 4.79 Å². The van der Waals surface area contributed by atoms with Gasteiger partial charge in [0.1, 0.15) is 0 Å². The summed E-state index contributed by atoms with van der Waals surface area (Å²) in [6.45, 7) is 1.59. The van der Waals surface area contributed by atoms with Crippen LogP contribution in [0.15, 0.2) is 55.0 Å². The molecule has 1 fully saturated rings. The maximum Gasteiger partial charge on any atom is 0.222 e. The summed E-state index contributed by atoms with van der Waals surface area (Å²) in [6, 6.07) is 12.5. The molecule has 4 rings (SSSR count). The van der Waals surface area contributed by atoms with Gasteiger partial charge in [0.2, 0.25) is 5.91 Å². The molecule has 3 heterocycles. The van der Waals surface area contributed by atoms with Crippen molar-refractivity contribution in [2.45, 2.75) is 25.3 Å². The van der Waals surface area contributed by atoms with Gasteiger partial charge in [-0.3, -0.25) is 9.78 Å². The monoisotopic (exact) mass is 334 g/mol. The Morgan fingerprint density at radius 3 is 3.08 bits per heavy atom. The molecule has 1 aromatic carbocycles. The van der Waals surface area contributed by atoms with E-state index in [1.807, 2.05) is 41.6 Å². The van der Waals surface area contributed by atoms with Crippen molar-refractivity contribution in [2.24, 2.45) is 0 Å². The standard InChI is InChI=1S/C20H22N4O/c25-20(8-7-15-12-22-19-6-2-1-5-18(15)19)24-11-9-17(14-24)23-16-4-3-10-21-13-16/h1-6,10,12-13,17,22-23H,7-9,11,14H2. The van der Waals surface area contributed by atoms with Gasteiger partial charge >= 0.3 is 0 Å². The number of rotatable bonds is 5. The molecule has 1 atom stereocenters. The maximum atomic E-state index is 12.6. The maximum absolute atomic E-state index is 12.6. The van der Waals surface area contributed by atoms with E-state index >= 15 is 0 Å². The molecule has 1 aliphatic rings. The fourth-order valence-electron chi connectivity index (χ4n) is 3.53. The second-order valence-corrected chi connectivity index (χ2v) is 6.57. The average molecular weight is 334 g/mol. The van der Waals surface area contributed by atoms with Crippen molar-refractivity contribution in [1.29, 1.82) is 0 Å². The molecule has 128 valence electrons. The highest BCUT2D eigenvalue weighted by Crippen LogP contribution is 2.20. The Bertz CT molecular complexity index is 858. The predicted octanol–water partition coefficient (Wildman–Crippen LogP) is 3.21. The van der Waals surface area contributed by atoms with E-state index in [0.29, 0.717) is 12.5 Å². The summed E-state index contributed by atoms with van der Waals surface area (Å²) in [4.78, 5) is 21.9. The van der Waals surface area contributed by atoms with Gasteiger partial charge in [-0.25, -0.2) is 0 Å². The average Bonchev–Trinajstić information content (AvgIpc) is 3.28. The number of carbonyl (C=O) groups excluding carboxylic acids is 1. The Kier molecular flexibility index (Phi) is 4.37. The fraction of sp³-hybridized carbons (Fsp3) is 0.300. The van der Waals surface area contributed by atoms with Crippen LogP contribution < -0.4 is 5.32 Å². The molecule has 0 bridgehead atoms. The molecule has 5 nitrogen and oxygen atoms in total. The summed E-state index contributed by atoms with van der Waals surface area (Å²) in [7, 11) is 0. The molecule has 0 radical (unpaired) electrons. The van der Waals surface area contributed by atoms with Gasteiger partial charge in [-0.05, 0) is 36.6 Å². The first-order valence-electron chi connectivity index (χ1n) is 8.79. The predicted molar refractivity (Wildman–Crippen MR) is 99.5 cm³/mol. The zero-order valence-corrected chi connectivity index (χ0v) is 14.1. The van der Waals surface area contributed by atoms with Crippen molar-refractivity contribution in [3.63, 3.8) is 0 Å². The highest BCUT2D eigenvalue weighted by molar-refractivity contribution is 5.84. The number of likely N-dealkylation sites (tertiary alicyclic amines) is 1. The highest BCUT2D eigenvalue weighted by atomic mass is 16.2. The van der Waals surface area contributed by atoms with Crippen LogP contribution in [0.3, 0.4) is 0 Å². The van der Waals surface area contributed by atoms with Crippen LogP contribution in [0.25, 0.3) is 10.9 Å². The van der Waals surface area contributed by atoms with Crippen molar-refractivity contribution in [3.05, 3.63) is 60.6 Å². The molecule has 1 aliphatic heterocycles. The van der Waals surface area contributed by atoms with E-state index in [2.05, 4.69) is 27.4 Å². The second-order valence-electron chi connectivity index (χ2n) is 6.57. The Hall–Kier alpha value is -2.82. The van der Waals surface area contributed by atoms with Crippen LogP contribution in [-0.4, -0.2) is 39.9 Å². The van der Waals surface area contributed by atoms with Gasteiger partial charge in [0.15, 0.2) is 0 Å². The molecule has 2 N–H and O–H groups in total. The lowest BCUT2D eigenvalue weighted by Gasteiger charge is -2.17. The number of aromatic nitrogens is 2. The third kappa shape index (κ3) is 3.50. The van der Waals surface area contributed by atoms with Crippen LogP contribution in [0, 0.1) is 0 Å². The van der Waals surface area contributed by atoms with Gasteiger partial charge in [-0.2, -0.15) is 0 Å². The number of nitrogens with zero attached hydrogens (tertiary/aromatic N) is 2. The van der Waals surface area contributed by atoms with Crippen LogP contribution in [-0.2, 0) is 11.2 Å². The third-order valence-corrected chi connectivity index (χ3v) is 4.86. The molecule has 1 saturated heterocycles. The minimum absolute atomic E-state index is 0.237. The molecular weight excluding hydrogens is 312 g/mol. The van der Waals surface area contributed by atoms with Crippen LogP contribution in [0.2, 0.25) is 0 Å². The lowest BCUT2D eigenvalue weighted by atomic mass is 10.1. The van der Waals surface area contributed by atoms with Crippen LogP contribution in [0.4, 0.5) is 5.69 Å². The zero-order chi connectivity index (χ0) is 17.1. The quantitative estimate of drug-likeness (QED) is 0.753. The van der Waals surface area contributed by atoms with E-state index in [1.54, 1.807) is 6.20 Å². The van der Waals surface area contributed by atoms with Gasteiger partial charge in [-0.15, -0.1) is 0 Å². The molecule has 1 amide bonds. The summed E-state index contributed by atoms with van der Waals surface area (Å²) in [5.74, 6) is 0.237. The van der Waals surface area contributed by atoms with E-state index in [-0.39, 0.29) is 5.91 Å². The second kappa shape index (κ2) is 6.97. The number of carbonyl (C=O) groups is 1. The van der Waals surface area contributed by atoms with Crippen molar-refractivity contribution < 1.29 is 4.79 Å². The highest BCUT2D eigenvalue weighted by Gasteiger charge is 2.25. The minimum atomic E-state index is 0.237. The molecular formula is C20H22N4O. The zero-order valence-electron chi connectivity index (χ0n) is 14.1. The number of para-hydroxylation sites is 1. The van der Waals surface area contributed by atoms with Gasteiger partial charge in [0.25, 0.3) is 0 Å². The van der Waals surface area contributed by atoms with E-state index in [4.69, 9.17) is 0 Å². The van der Waals surface area contributed by atoms with Gasteiger partial charge < -0.3 is 15.2 Å². The summed E-state index contributed by atoms with van der Waals surface area (Å²) in [5.41, 5.74) is 3.36. The van der Waals surface area contributed by atoms with Gasteiger partial charge in [0, 0.05) is 55.0 Å². The molecule has 25 heavy (non-hydrogen) atoms. The molecule has 2 aromatic heterocycles. The number of H-pyrrole nitrogens is 1. The van der Waals surface area contributed by atoms with E-state index in [0.717, 1.165) is 37.1 Å². The first-order valence-corrected chi connectivity index (χ1v) is 8.79. The molecule has 5 heteroatoms. The number of benzene rings is 1. The summed E-state index contributed by atoms with van der Waals surface area (Å²) in [6.07, 6.45) is 7.92. The Balaban J connectivity index is 1.31.